The Bertz CT molecular complexity index is 828. The molecule has 3 amide bonds. The summed E-state index contributed by atoms with van der Waals surface area (Å²) in [5.41, 5.74) is 0.586. The highest BCUT2D eigenvalue weighted by Gasteiger charge is 2.37. The fourth-order valence-corrected chi connectivity index (χ4v) is 4.81. The van der Waals surface area contributed by atoms with Crippen molar-refractivity contribution in [2.45, 2.75) is 12.1 Å². The number of methoxy groups -OCH3 is 2. The molecule has 2 saturated heterocycles. The molecule has 10 heteroatoms. The van der Waals surface area contributed by atoms with Crippen LogP contribution in [-0.2, 0) is 9.59 Å². The number of hydrogen-bond donors (Lipinski definition) is 2. The standard InChI is InChI=1S/C18H20N2O6S2/c1-25-11-3-4-14(26-2)10(5-11)6-15-17(23)20(18(24)28-15)7-16(22)19-12-8-27-9-13(12)21/h3-6,12-13,21H,7-9H2,1-2H3,(H,19,22). The molecule has 2 atom stereocenters. The third kappa shape index (κ3) is 4.45. The van der Waals surface area contributed by atoms with E-state index < -0.39 is 23.2 Å². The molecule has 2 aliphatic rings. The number of hydrogen-bond acceptors (Lipinski definition) is 8. The van der Waals surface area contributed by atoms with Gasteiger partial charge in [0.2, 0.25) is 5.91 Å². The molecule has 2 heterocycles. The number of aliphatic hydroxyl groups excluding tert-OH is 1. The number of nitrogens with one attached hydrogen (secondary N) is 1. The van der Waals surface area contributed by atoms with Crippen LogP contribution in [0.25, 0.3) is 6.08 Å². The van der Waals surface area contributed by atoms with Crippen molar-refractivity contribution in [3.8, 4) is 11.5 Å². The summed E-state index contributed by atoms with van der Waals surface area (Å²) in [6.45, 7) is -0.384. The van der Waals surface area contributed by atoms with Crippen LogP contribution in [0.1, 0.15) is 5.56 Å². The van der Waals surface area contributed by atoms with E-state index in [9.17, 15) is 19.5 Å². The van der Waals surface area contributed by atoms with E-state index in [0.29, 0.717) is 28.6 Å². The molecule has 1 aromatic carbocycles. The Labute approximate surface area is 170 Å². The molecule has 0 bridgehead atoms. The SMILES string of the molecule is COc1ccc(OC)c(C=C2SC(=O)N(CC(=O)NC3CSCC3O)C2=O)c1. The lowest BCUT2D eigenvalue weighted by Crippen LogP contribution is -2.47. The lowest BCUT2D eigenvalue weighted by Gasteiger charge is -2.18. The van der Waals surface area contributed by atoms with Gasteiger partial charge in [-0.25, -0.2) is 0 Å². The molecule has 2 aliphatic heterocycles. The van der Waals surface area contributed by atoms with Crippen molar-refractivity contribution in [1.29, 1.82) is 0 Å². The van der Waals surface area contributed by atoms with Crippen LogP contribution in [0.4, 0.5) is 4.79 Å². The van der Waals surface area contributed by atoms with E-state index in [0.717, 1.165) is 16.7 Å². The maximum absolute atomic E-state index is 12.6. The summed E-state index contributed by atoms with van der Waals surface area (Å²) in [6.07, 6.45) is 0.922. The summed E-state index contributed by atoms with van der Waals surface area (Å²) in [5.74, 6) is 1.24. The zero-order valence-corrected chi connectivity index (χ0v) is 17.0. The van der Waals surface area contributed by atoms with Gasteiger partial charge in [0.1, 0.15) is 18.0 Å². The van der Waals surface area contributed by atoms with Crippen molar-refractivity contribution in [3.63, 3.8) is 0 Å². The van der Waals surface area contributed by atoms with Gasteiger partial charge < -0.3 is 19.9 Å². The summed E-state index contributed by atoms with van der Waals surface area (Å²) in [5, 5.41) is 11.9. The molecule has 0 aliphatic carbocycles. The molecular formula is C18H20N2O6S2. The molecule has 0 saturated carbocycles. The van der Waals surface area contributed by atoms with Crippen LogP contribution in [0.5, 0.6) is 11.5 Å². The number of aliphatic hydroxyl groups is 1. The summed E-state index contributed by atoms with van der Waals surface area (Å²) in [4.78, 5) is 38.1. The van der Waals surface area contributed by atoms with E-state index in [4.69, 9.17) is 9.47 Å². The largest absolute Gasteiger partial charge is 0.497 e. The predicted octanol–water partition coefficient (Wildman–Crippen LogP) is 1.33. The highest BCUT2D eigenvalue weighted by atomic mass is 32.2. The van der Waals surface area contributed by atoms with E-state index in [1.54, 1.807) is 24.3 Å². The molecule has 0 spiro atoms. The molecule has 8 nitrogen and oxygen atoms in total. The number of amides is 3. The zero-order chi connectivity index (χ0) is 20.3. The fourth-order valence-electron chi connectivity index (χ4n) is 2.81. The highest BCUT2D eigenvalue weighted by molar-refractivity contribution is 8.18. The second-order valence-electron chi connectivity index (χ2n) is 6.15. The van der Waals surface area contributed by atoms with E-state index in [-0.39, 0.29) is 17.5 Å². The van der Waals surface area contributed by atoms with Crippen LogP contribution in [0, 0.1) is 0 Å². The van der Waals surface area contributed by atoms with Crippen LogP contribution >= 0.6 is 23.5 Å². The van der Waals surface area contributed by atoms with Crippen LogP contribution in [0.2, 0.25) is 0 Å². The number of nitrogens with zero attached hydrogens (tertiary/aromatic N) is 1. The van der Waals surface area contributed by atoms with Crippen LogP contribution in [0.3, 0.4) is 0 Å². The number of ether oxygens (including phenoxy) is 2. The van der Waals surface area contributed by atoms with Crippen molar-refractivity contribution < 1.29 is 29.0 Å². The van der Waals surface area contributed by atoms with Gasteiger partial charge in [0.25, 0.3) is 11.1 Å². The normalized spacial score (nSPS) is 23.4. The first-order valence-electron chi connectivity index (χ1n) is 8.45. The molecule has 1 aromatic rings. The maximum Gasteiger partial charge on any atom is 0.294 e. The van der Waals surface area contributed by atoms with E-state index >= 15 is 0 Å². The third-order valence-electron chi connectivity index (χ3n) is 4.30. The van der Waals surface area contributed by atoms with Gasteiger partial charge >= 0.3 is 0 Å². The molecular weight excluding hydrogens is 404 g/mol. The first kappa shape index (κ1) is 20.6. The Morgan fingerprint density at radius 3 is 2.75 bits per heavy atom. The number of rotatable bonds is 6. The topological polar surface area (TPSA) is 105 Å². The van der Waals surface area contributed by atoms with Crippen molar-refractivity contribution in [2.24, 2.45) is 0 Å². The molecule has 2 N–H and O–H groups in total. The Hall–Kier alpha value is -2.17. The van der Waals surface area contributed by atoms with Gasteiger partial charge in [-0.3, -0.25) is 19.3 Å². The minimum absolute atomic E-state index is 0.195. The summed E-state index contributed by atoms with van der Waals surface area (Å²) in [6, 6.07) is 4.75. The van der Waals surface area contributed by atoms with Gasteiger partial charge in [0, 0.05) is 17.1 Å². The second-order valence-corrected chi connectivity index (χ2v) is 8.22. The van der Waals surface area contributed by atoms with Crippen LogP contribution < -0.4 is 14.8 Å². The smallest absolute Gasteiger partial charge is 0.294 e. The van der Waals surface area contributed by atoms with E-state index in [1.165, 1.54) is 26.0 Å². The Morgan fingerprint density at radius 2 is 2.11 bits per heavy atom. The van der Waals surface area contributed by atoms with Crippen LogP contribution in [-0.4, -0.2) is 71.5 Å². The van der Waals surface area contributed by atoms with E-state index in [2.05, 4.69) is 5.32 Å². The summed E-state index contributed by atoms with van der Waals surface area (Å²) < 4.78 is 10.5. The minimum Gasteiger partial charge on any atom is -0.497 e. The van der Waals surface area contributed by atoms with Crippen molar-refractivity contribution in [3.05, 3.63) is 28.7 Å². The van der Waals surface area contributed by atoms with Gasteiger partial charge in [-0.1, -0.05) is 0 Å². The monoisotopic (exact) mass is 424 g/mol. The van der Waals surface area contributed by atoms with Gasteiger partial charge in [-0.05, 0) is 36.0 Å². The van der Waals surface area contributed by atoms with Gasteiger partial charge in [0.15, 0.2) is 0 Å². The van der Waals surface area contributed by atoms with Gasteiger partial charge in [0.05, 0.1) is 31.3 Å². The third-order valence-corrected chi connectivity index (χ3v) is 6.38. The number of thioether (sulfide) groups is 2. The zero-order valence-electron chi connectivity index (χ0n) is 15.3. The number of carbonyl (C=O) groups is 3. The Morgan fingerprint density at radius 1 is 1.32 bits per heavy atom. The molecule has 0 radical (unpaired) electrons. The molecule has 150 valence electrons. The molecule has 28 heavy (non-hydrogen) atoms. The van der Waals surface area contributed by atoms with Gasteiger partial charge in [-0.2, -0.15) is 11.8 Å². The molecule has 3 rings (SSSR count). The molecule has 0 aromatic heterocycles. The second kappa shape index (κ2) is 8.89. The number of carbonyl (C=O) groups excluding carboxylic acids is 3. The van der Waals surface area contributed by atoms with Crippen LogP contribution in [0.15, 0.2) is 23.1 Å². The molecule has 2 fully saturated rings. The lowest BCUT2D eigenvalue weighted by atomic mass is 10.1. The summed E-state index contributed by atoms with van der Waals surface area (Å²) >= 11 is 2.30. The average Bonchev–Trinajstić information content (AvgIpc) is 3.19. The minimum atomic E-state index is -0.621. The van der Waals surface area contributed by atoms with Crippen molar-refractivity contribution in [1.82, 2.24) is 10.2 Å². The fraction of sp³-hybridized carbons (Fsp3) is 0.389. The predicted molar refractivity (Wildman–Crippen MR) is 107 cm³/mol. The Balaban J connectivity index is 1.73. The number of benzene rings is 1. The first-order valence-corrected chi connectivity index (χ1v) is 10.4. The first-order chi connectivity index (χ1) is 13.4. The Kier molecular flexibility index (Phi) is 6.53. The molecule has 2 unspecified atom stereocenters. The number of imide groups is 1. The average molecular weight is 425 g/mol. The highest BCUT2D eigenvalue weighted by Crippen LogP contribution is 2.35. The van der Waals surface area contributed by atoms with E-state index in [1.807, 2.05) is 0 Å². The lowest BCUT2D eigenvalue weighted by molar-refractivity contribution is -0.129. The van der Waals surface area contributed by atoms with Gasteiger partial charge in [-0.15, -0.1) is 0 Å². The summed E-state index contributed by atoms with van der Waals surface area (Å²) in [7, 11) is 3.03. The van der Waals surface area contributed by atoms with Crippen molar-refractivity contribution >= 4 is 46.7 Å². The van der Waals surface area contributed by atoms with Crippen molar-refractivity contribution in [2.75, 3.05) is 32.3 Å². The quantitative estimate of drug-likeness (QED) is 0.659. The maximum atomic E-state index is 12.6.